The van der Waals surface area contributed by atoms with Crippen LogP contribution in [0.4, 0.5) is 13.2 Å². The van der Waals surface area contributed by atoms with Gasteiger partial charge in [0.2, 0.25) is 0 Å². The number of amides is 1. The van der Waals surface area contributed by atoms with Crippen molar-refractivity contribution in [2.45, 2.75) is 25.2 Å². The molecular formula is C14H13F3N4O2. The number of ether oxygens (including phenoxy) is 1. The van der Waals surface area contributed by atoms with E-state index in [2.05, 4.69) is 20.0 Å². The first-order chi connectivity index (χ1) is 10.9. The fourth-order valence-electron chi connectivity index (χ4n) is 2.42. The summed E-state index contributed by atoms with van der Waals surface area (Å²) < 4.78 is 43.4. The quantitative estimate of drug-likeness (QED) is 0.926. The van der Waals surface area contributed by atoms with Crippen LogP contribution >= 0.6 is 0 Å². The summed E-state index contributed by atoms with van der Waals surface area (Å²) in [4.78, 5) is 20.1. The predicted octanol–water partition coefficient (Wildman–Crippen LogP) is 1.57. The van der Waals surface area contributed by atoms with E-state index in [0.717, 1.165) is 5.69 Å². The first kappa shape index (κ1) is 15.3. The lowest BCUT2D eigenvalue weighted by Crippen LogP contribution is -2.36. The molecule has 0 saturated heterocycles. The number of carbonyl (C=O) groups excluding carboxylic acids is 1. The second kappa shape index (κ2) is 5.90. The minimum atomic E-state index is -4.48. The normalized spacial score (nSPS) is 16.9. The molecule has 1 atom stereocenters. The van der Waals surface area contributed by atoms with Crippen LogP contribution in [-0.2, 0) is 13.0 Å². The molecular weight excluding hydrogens is 313 g/mol. The van der Waals surface area contributed by atoms with Crippen molar-refractivity contribution in [3.63, 3.8) is 0 Å². The molecule has 0 fully saturated rings. The smallest absolute Gasteiger partial charge is 0.422 e. The van der Waals surface area contributed by atoms with E-state index >= 15 is 0 Å². The minimum absolute atomic E-state index is 0.155. The van der Waals surface area contributed by atoms with E-state index in [9.17, 15) is 18.0 Å². The van der Waals surface area contributed by atoms with Gasteiger partial charge >= 0.3 is 6.18 Å². The molecule has 0 aliphatic carbocycles. The van der Waals surface area contributed by atoms with Gasteiger partial charge in [-0.2, -0.15) is 13.2 Å². The lowest BCUT2D eigenvalue weighted by molar-refractivity contribution is -0.153. The van der Waals surface area contributed by atoms with Crippen LogP contribution in [0.3, 0.4) is 0 Å². The van der Waals surface area contributed by atoms with Crippen LogP contribution in [-0.4, -0.2) is 39.3 Å². The predicted molar refractivity (Wildman–Crippen MR) is 73.0 cm³/mol. The number of fused-ring (bicyclic) bond motifs is 1. The number of hydrogen-bond donors (Lipinski definition) is 1. The van der Waals surface area contributed by atoms with E-state index < -0.39 is 18.7 Å². The second-order valence-corrected chi connectivity index (χ2v) is 5.17. The highest BCUT2D eigenvalue weighted by Crippen LogP contribution is 2.21. The van der Waals surface area contributed by atoms with E-state index in [1.807, 2.05) is 4.57 Å². The molecule has 0 aromatic carbocycles. The number of aromatic nitrogens is 3. The van der Waals surface area contributed by atoms with Crippen molar-refractivity contribution in [2.24, 2.45) is 0 Å². The first-order valence-electron chi connectivity index (χ1n) is 6.87. The maximum atomic E-state index is 12.3. The summed E-state index contributed by atoms with van der Waals surface area (Å²) in [5, 5.41) is 2.75. The summed E-state index contributed by atoms with van der Waals surface area (Å²) >= 11 is 0. The molecule has 2 aromatic rings. The Morgan fingerprint density at radius 1 is 1.48 bits per heavy atom. The minimum Gasteiger partial charge on any atom is -0.482 e. The second-order valence-electron chi connectivity index (χ2n) is 5.17. The van der Waals surface area contributed by atoms with Crippen LogP contribution < -0.4 is 10.1 Å². The van der Waals surface area contributed by atoms with Gasteiger partial charge in [0.1, 0.15) is 0 Å². The van der Waals surface area contributed by atoms with Gasteiger partial charge < -0.3 is 14.6 Å². The zero-order valence-electron chi connectivity index (χ0n) is 11.9. The molecule has 1 amide bonds. The molecule has 1 aliphatic heterocycles. The molecule has 23 heavy (non-hydrogen) atoms. The topological polar surface area (TPSA) is 69.0 Å². The molecule has 0 radical (unpaired) electrons. The third-order valence-electron chi connectivity index (χ3n) is 3.38. The van der Waals surface area contributed by atoms with Crippen molar-refractivity contribution in [3.05, 3.63) is 42.2 Å². The molecule has 122 valence electrons. The first-order valence-corrected chi connectivity index (χ1v) is 6.87. The average molecular weight is 326 g/mol. The molecule has 3 heterocycles. The Bertz CT molecular complexity index is 694. The van der Waals surface area contributed by atoms with Crippen LogP contribution in [0.25, 0.3) is 0 Å². The molecule has 0 spiro atoms. The number of hydrogen-bond acceptors (Lipinski definition) is 4. The van der Waals surface area contributed by atoms with Crippen LogP contribution in [0.1, 0.15) is 16.2 Å². The number of nitrogens with one attached hydrogen (secondary N) is 1. The van der Waals surface area contributed by atoms with Crippen molar-refractivity contribution in [2.75, 3.05) is 6.61 Å². The summed E-state index contributed by atoms with van der Waals surface area (Å²) in [6.45, 7) is -0.911. The summed E-state index contributed by atoms with van der Waals surface area (Å²) in [6, 6.07) is 2.54. The lowest BCUT2D eigenvalue weighted by atomic mass is 10.2. The van der Waals surface area contributed by atoms with E-state index in [1.54, 1.807) is 12.5 Å². The van der Waals surface area contributed by atoms with Crippen molar-refractivity contribution < 1.29 is 22.7 Å². The van der Waals surface area contributed by atoms with Crippen LogP contribution in [0.2, 0.25) is 0 Å². The Kier molecular flexibility index (Phi) is 3.93. The number of alkyl halides is 3. The zero-order chi connectivity index (χ0) is 16.4. The highest BCUT2D eigenvalue weighted by atomic mass is 19.4. The zero-order valence-corrected chi connectivity index (χ0v) is 11.9. The summed E-state index contributed by atoms with van der Waals surface area (Å²) in [6.07, 6.45) is 0.839. The van der Waals surface area contributed by atoms with Gasteiger partial charge in [-0.3, -0.25) is 4.79 Å². The molecule has 0 bridgehead atoms. The third-order valence-corrected chi connectivity index (χ3v) is 3.38. The largest absolute Gasteiger partial charge is 0.482 e. The highest BCUT2D eigenvalue weighted by Gasteiger charge is 2.30. The highest BCUT2D eigenvalue weighted by molar-refractivity contribution is 5.95. The Balaban J connectivity index is 1.67. The SMILES string of the molecule is O=C(NC1Cc2cncn2C1)c1ncccc1OCC(F)(F)F. The van der Waals surface area contributed by atoms with Crippen molar-refractivity contribution in [1.82, 2.24) is 19.9 Å². The van der Waals surface area contributed by atoms with Gasteiger partial charge in [-0.1, -0.05) is 0 Å². The van der Waals surface area contributed by atoms with Crippen molar-refractivity contribution in [1.29, 1.82) is 0 Å². The van der Waals surface area contributed by atoms with Crippen LogP contribution in [0, 0.1) is 0 Å². The number of imidazole rings is 1. The van der Waals surface area contributed by atoms with E-state index in [4.69, 9.17) is 0 Å². The number of carbonyl (C=O) groups is 1. The fraction of sp³-hybridized carbons (Fsp3) is 0.357. The Hall–Kier alpha value is -2.58. The molecule has 9 heteroatoms. The molecule has 1 aliphatic rings. The fourth-order valence-corrected chi connectivity index (χ4v) is 2.42. The summed E-state index contributed by atoms with van der Waals surface area (Å²) in [7, 11) is 0. The summed E-state index contributed by atoms with van der Waals surface area (Å²) in [5.41, 5.74) is 0.830. The molecule has 6 nitrogen and oxygen atoms in total. The number of halogens is 3. The summed E-state index contributed by atoms with van der Waals surface area (Å²) in [5.74, 6) is -0.756. The van der Waals surface area contributed by atoms with E-state index in [0.29, 0.717) is 13.0 Å². The molecule has 1 N–H and O–H groups in total. The molecule has 2 aromatic heterocycles. The number of rotatable bonds is 4. The maximum Gasteiger partial charge on any atom is 0.422 e. The Morgan fingerprint density at radius 2 is 2.30 bits per heavy atom. The van der Waals surface area contributed by atoms with Crippen LogP contribution in [0.15, 0.2) is 30.9 Å². The maximum absolute atomic E-state index is 12.3. The van der Waals surface area contributed by atoms with Crippen LogP contribution in [0.5, 0.6) is 5.75 Å². The van der Waals surface area contributed by atoms with Crippen molar-refractivity contribution in [3.8, 4) is 5.75 Å². The van der Waals surface area contributed by atoms with E-state index in [1.165, 1.54) is 18.3 Å². The monoisotopic (exact) mass is 326 g/mol. The van der Waals surface area contributed by atoms with Gasteiger partial charge in [0.15, 0.2) is 18.1 Å². The molecule has 0 saturated carbocycles. The van der Waals surface area contributed by atoms with Gasteiger partial charge in [-0.15, -0.1) is 0 Å². The van der Waals surface area contributed by atoms with Gasteiger partial charge in [-0.25, -0.2) is 9.97 Å². The van der Waals surface area contributed by atoms with Crippen molar-refractivity contribution >= 4 is 5.91 Å². The molecule has 3 rings (SSSR count). The van der Waals surface area contributed by atoms with Gasteiger partial charge in [0.05, 0.1) is 12.4 Å². The third kappa shape index (κ3) is 3.61. The van der Waals surface area contributed by atoms with Gasteiger partial charge in [0.25, 0.3) is 5.91 Å². The van der Waals surface area contributed by atoms with Gasteiger partial charge in [-0.05, 0) is 12.1 Å². The number of nitrogens with zero attached hydrogens (tertiary/aromatic N) is 3. The number of pyridine rings is 1. The molecule has 1 unspecified atom stereocenters. The average Bonchev–Trinajstić information content (AvgIpc) is 3.05. The lowest BCUT2D eigenvalue weighted by Gasteiger charge is -2.14. The van der Waals surface area contributed by atoms with E-state index in [-0.39, 0.29) is 17.5 Å². The standard InChI is InChI=1S/C14H13F3N4O2/c15-14(16,17)7-23-11-2-1-3-19-12(11)13(22)20-9-4-10-5-18-8-21(10)6-9/h1-3,5,8-9H,4,6-7H2,(H,20,22). The Morgan fingerprint density at radius 3 is 3.04 bits per heavy atom. The Labute approximate surface area is 129 Å². The van der Waals surface area contributed by atoms with Gasteiger partial charge in [0, 0.05) is 31.1 Å².